The fourth-order valence-electron chi connectivity index (χ4n) is 1.07. The normalized spacial score (nSPS) is 10.6. The van der Waals surface area contributed by atoms with Crippen LogP contribution < -0.4 is 0 Å². The van der Waals surface area contributed by atoms with E-state index in [1.54, 1.807) is 0 Å². The Morgan fingerprint density at radius 2 is 2.55 bits per heavy atom. The maximum atomic E-state index is 10.5. The minimum atomic E-state index is 0.539. The summed E-state index contributed by atoms with van der Waals surface area (Å²) in [5, 5.41) is 1.94. The van der Waals surface area contributed by atoms with E-state index in [4.69, 9.17) is 0 Å². The molecule has 0 bridgehead atoms. The quantitative estimate of drug-likeness (QED) is 0.602. The highest BCUT2D eigenvalue weighted by Gasteiger charge is 2.06. The van der Waals surface area contributed by atoms with Crippen LogP contribution in [0.3, 0.4) is 0 Å². The van der Waals surface area contributed by atoms with E-state index in [9.17, 15) is 4.79 Å². The lowest BCUT2D eigenvalue weighted by Crippen LogP contribution is -1.79. The Hall–Kier alpha value is -1.16. The van der Waals surface area contributed by atoms with Gasteiger partial charge in [-0.2, -0.15) is 0 Å². The summed E-state index contributed by atoms with van der Waals surface area (Å²) in [7, 11) is 0. The first-order valence-corrected chi connectivity index (χ1v) is 4.08. The minimum Gasteiger partial charge on any atom is -0.296 e. The summed E-state index contributed by atoms with van der Waals surface area (Å²) >= 11 is 1.53. The fraction of sp³-hybridized carbons (Fsp3) is 0.143. The van der Waals surface area contributed by atoms with Crippen molar-refractivity contribution < 1.29 is 4.79 Å². The number of aldehydes is 1. The number of aryl methyl sites for hydroxylation is 1. The second-order valence-electron chi connectivity index (χ2n) is 2.24. The third-order valence-corrected chi connectivity index (χ3v) is 2.46. The second kappa shape index (κ2) is 2.17. The number of carbonyl (C=O) groups excluding carboxylic acids is 1. The molecule has 2 aromatic heterocycles. The van der Waals surface area contributed by atoms with Gasteiger partial charge in [0.05, 0.1) is 0 Å². The minimum absolute atomic E-state index is 0.539. The molecule has 2 rings (SSSR count). The molecule has 3 nitrogen and oxygen atoms in total. The summed E-state index contributed by atoms with van der Waals surface area (Å²) in [6, 6.07) is 0. The van der Waals surface area contributed by atoms with Crippen molar-refractivity contribution >= 4 is 22.5 Å². The summed E-state index contributed by atoms with van der Waals surface area (Å²) < 4.78 is 1.91. The molecule has 0 aliphatic heterocycles. The van der Waals surface area contributed by atoms with Crippen LogP contribution in [0, 0.1) is 6.92 Å². The van der Waals surface area contributed by atoms with Gasteiger partial charge in [0, 0.05) is 11.6 Å². The molecule has 0 unspecified atom stereocenters. The fourth-order valence-corrected chi connectivity index (χ4v) is 1.90. The van der Waals surface area contributed by atoms with Crippen LogP contribution >= 0.6 is 11.3 Å². The Bertz CT molecular complexity index is 401. The van der Waals surface area contributed by atoms with Gasteiger partial charge in [0.15, 0.2) is 6.29 Å². The smallest absolute Gasteiger partial charge is 0.171 e. The number of hydrogen-bond donors (Lipinski definition) is 0. The second-order valence-corrected chi connectivity index (χ2v) is 3.13. The number of thiazole rings is 1. The number of carbonyl (C=O) groups is 1. The van der Waals surface area contributed by atoms with Gasteiger partial charge in [-0.1, -0.05) is 0 Å². The van der Waals surface area contributed by atoms with E-state index in [1.165, 1.54) is 11.3 Å². The number of aromatic nitrogens is 2. The van der Waals surface area contributed by atoms with Crippen LogP contribution in [0.5, 0.6) is 0 Å². The first-order valence-electron chi connectivity index (χ1n) is 3.20. The molecule has 56 valence electrons. The monoisotopic (exact) mass is 166 g/mol. The molecule has 0 N–H and O–H groups in total. The zero-order chi connectivity index (χ0) is 7.84. The first kappa shape index (κ1) is 6.54. The number of nitrogens with zero attached hydrogens (tertiary/aromatic N) is 2. The molecule has 0 saturated carbocycles. The maximum absolute atomic E-state index is 10.5. The molecule has 0 atom stereocenters. The number of fused-ring (bicyclic) bond motifs is 1. The lowest BCUT2D eigenvalue weighted by Gasteiger charge is -1.81. The largest absolute Gasteiger partial charge is 0.296 e. The van der Waals surface area contributed by atoms with Gasteiger partial charge in [0.25, 0.3) is 0 Å². The van der Waals surface area contributed by atoms with Crippen molar-refractivity contribution in [1.29, 1.82) is 0 Å². The van der Waals surface area contributed by atoms with Gasteiger partial charge in [-0.15, -0.1) is 11.3 Å². The van der Waals surface area contributed by atoms with Crippen molar-refractivity contribution in [2.45, 2.75) is 6.92 Å². The summed E-state index contributed by atoms with van der Waals surface area (Å²) in [5.41, 5.74) is 0.539. The zero-order valence-corrected chi connectivity index (χ0v) is 6.76. The molecule has 0 spiro atoms. The highest BCUT2D eigenvalue weighted by atomic mass is 32.1. The van der Waals surface area contributed by atoms with Crippen molar-refractivity contribution in [3.8, 4) is 0 Å². The van der Waals surface area contributed by atoms with Crippen molar-refractivity contribution in [3.63, 3.8) is 0 Å². The van der Waals surface area contributed by atoms with Crippen LogP contribution in [0.2, 0.25) is 0 Å². The predicted molar refractivity (Wildman–Crippen MR) is 43.2 cm³/mol. The van der Waals surface area contributed by atoms with Gasteiger partial charge in [-0.3, -0.25) is 9.20 Å². The molecule has 0 aromatic carbocycles. The third-order valence-electron chi connectivity index (χ3n) is 1.57. The summed E-state index contributed by atoms with van der Waals surface area (Å²) in [6.07, 6.45) is 2.70. The van der Waals surface area contributed by atoms with Crippen LogP contribution in [-0.2, 0) is 0 Å². The van der Waals surface area contributed by atoms with E-state index < -0.39 is 0 Å². The topological polar surface area (TPSA) is 34.4 Å². The number of hydrogen-bond acceptors (Lipinski definition) is 3. The van der Waals surface area contributed by atoms with E-state index in [-0.39, 0.29) is 0 Å². The molecule has 0 radical (unpaired) electrons. The van der Waals surface area contributed by atoms with Crippen molar-refractivity contribution in [3.05, 3.63) is 23.1 Å². The van der Waals surface area contributed by atoms with Gasteiger partial charge in [0.1, 0.15) is 16.3 Å². The Morgan fingerprint density at radius 1 is 1.73 bits per heavy atom. The predicted octanol–water partition coefficient (Wildman–Crippen LogP) is 1.52. The Labute approximate surface area is 67.3 Å². The Balaban J connectivity index is 2.90. The molecule has 4 heteroatoms. The van der Waals surface area contributed by atoms with Gasteiger partial charge in [-0.25, -0.2) is 4.98 Å². The Morgan fingerprint density at radius 3 is 3.27 bits per heavy atom. The Kier molecular flexibility index (Phi) is 1.29. The lowest BCUT2D eigenvalue weighted by molar-refractivity contribution is 0.112. The van der Waals surface area contributed by atoms with Crippen LogP contribution in [-0.4, -0.2) is 15.7 Å². The van der Waals surface area contributed by atoms with E-state index in [0.29, 0.717) is 5.69 Å². The number of rotatable bonds is 1. The summed E-state index contributed by atoms with van der Waals surface area (Å²) in [6.45, 7) is 1.88. The molecule has 0 fully saturated rings. The molecule has 0 aliphatic rings. The van der Waals surface area contributed by atoms with E-state index >= 15 is 0 Å². The molecule has 0 saturated heterocycles. The highest BCUT2D eigenvalue weighted by molar-refractivity contribution is 7.15. The standard InChI is InChI=1S/C7H6N2OS/c1-5-8-6(4-10)7-9(5)2-3-11-7/h2-4H,1H3. The zero-order valence-electron chi connectivity index (χ0n) is 5.94. The molecular formula is C7H6N2OS. The molecule has 2 aromatic rings. The van der Waals surface area contributed by atoms with E-state index in [1.807, 2.05) is 22.9 Å². The SMILES string of the molecule is Cc1nc(C=O)c2sccn12. The van der Waals surface area contributed by atoms with Gasteiger partial charge >= 0.3 is 0 Å². The lowest BCUT2D eigenvalue weighted by atomic mass is 10.5. The van der Waals surface area contributed by atoms with Crippen molar-refractivity contribution in [2.75, 3.05) is 0 Å². The number of imidazole rings is 1. The summed E-state index contributed by atoms with van der Waals surface area (Å²) in [5.74, 6) is 0.864. The first-order chi connectivity index (χ1) is 5.33. The van der Waals surface area contributed by atoms with Crippen molar-refractivity contribution in [1.82, 2.24) is 9.38 Å². The van der Waals surface area contributed by atoms with Crippen LogP contribution in [0.4, 0.5) is 0 Å². The maximum Gasteiger partial charge on any atom is 0.171 e. The molecule has 2 heterocycles. The molecule has 11 heavy (non-hydrogen) atoms. The van der Waals surface area contributed by atoms with Crippen LogP contribution in [0.25, 0.3) is 4.83 Å². The van der Waals surface area contributed by atoms with Gasteiger partial charge < -0.3 is 0 Å². The van der Waals surface area contributed by atoms with Gasteiger partial charge in [-0.05, 0) is 6.92 Å². The molecular weight excluding hydrogens is 160 g/mol. The molecule has 0 amide bonds. The average Bonchev–Trinajstić information content (AvgIpc) is 2.54. The van der Waals surface area contributed by atoms with E-state index in [0.717, 1.165) is 16.9 Å². The highest BCUT2D eigenvalue weighted by Crippen LogP contribution is 2.16. The third kappa shape index (κ3) is 0.793. The van der Waals surface area contributed by atoms with Crippen LogP contribution in [0.1, 0.15) is 16.3 Å². The molecule has 0 aliphatic carbocycles. The summed E-state index contributed by atoms with van der Waals surface area (Å²) in [4.78, 5) is 15.5. The van der Waals surface area contributed by atoms with Crippen molar-refractivity contribution in [2.24, 2.45) is 0 Å². The average molecular weight is 166 g/mol. The van der Waals surface area contributed by atoms with E-state index in [2.05, 4.69) is 4.98 Å². The van der Waals surface area contributed by atoms with Crippen LogP contribution in [0.15, 0.2) is 11.6 Å². The van der Waals surface area contributed by atoms with Gasteiger partial charge in [0.2, 0.25) is 0 Å².